The Labute approximate surface area is 214 Å². The monoisotopic (exact) mass is 485 g/mol. The molecule has 5 heteroatoms. The van der Waals surface area contributed by atoms with Crippen LogP contribution in [0.2, 0.25) is 0 Å². The van der Waals surface area contributed by atoms with E-state index in [2.05, 4.69) is 41.5 Å². The van der Waals surface area contributed by atoms with Gasteiger partial charge in [0, 0.05) is 58.2 Å². The molecule has 2 saturated carbocycles. The number of unbranched alkanes of at least 4 members (excludes halogenated alkanes) is 3. The Bertz CT molecular complexity index is 747. The third-order valence-corrected chi connectivity index (χ3v) is 9.88. The van der Waals surface area contributed by atoms with Gasteiger partial charge in [-0.05, 0) is 49.4 Å². The number of piperazine rings is 1. The smallest absolute Gasteiger partial charge is 0.226 e. The van der Waals surface area contributed by atoms with Crippen LogP contribution in [0, 0.1) is 23.2 Å². The molecule has 5 aliphatic rings. The highest BCUT2D eigenvalue weighted by atomic mass is 16.2. The Hall–Kier alpha value is -1.36. The van der Waals surface area contributed by atoms with Crippen molar-refractivity contribution in [1.29, 1.82) is 0 Å². The van der Waals surface area contributed by atoms with Crippen molar-refractivity contribution in [3.63, 3.8) is 0 Å². The summed E-state index contributed by atoms with van der Waals surface area (Å²) in [5.74, 6) is 2.47. The van der Waals surface area contributed by atoms with Gasteiger partial charge in [-0.25, -0.2) is 0 Å². The first-order chi connectivity index (χ1) is 16.9. The molecule has 0 spiro atoms. The van der Waals surface area contributed by atoms with Gasteiger partial charge in [-0.3, -0.25) is 14.5 Å². The Morgan fingerprint density at radius 2 is 1.77 bits per heavy atom. The molecule has 2 bridgehead atoms. The van der Waals surface area contributed by atoms with Gasteiger partial charge in [-0.15, -0.1) is 0 Å². The van der Waals surface area contributed by atoms with Crippen LogP contribution in [0.25, 0.3) is 0 Å². The van der Waals surface area contributed by atoms with E-state index in [1.54, 1.807) is 0 Å². The number of nitrogens with zero attached hydrogens (tertiary/aromatic N) is 3. The second-order valence-corrected chi connectivity index (χ2v) is 12.4. The van der Waals surface area contributed by atoms with Crippen molar-refractivity contribution in [2.45, 2.75) is 97.8 Å². The molecule has 2 unspecified atom stereocenters. The topological polar surface area (TPSA) is 43.9 Å². The molecule has 0 radical (unpaired) electrons. The van der Waals surface area contributed by atoms with E-state index in [0.29, 0.717) is 29.6 Å². The summed E-state index contributed by atoms with van der Waals surface area (Å²) < 4.78 is 0. The van der Waals surface area contributed by atoms with E-state index in [0.717, 1.165) is 71.0 Å². The lowest BCUT2D eigenvalue weighted by molar-refractivity contribution is -0.137. The Balaban J connectivity index is 1.28. The molecule has 0 aromatic heterocycles. The minimum Gasteiger partial charge on any atom is -0.340 e. The first kappa shape index (κ1) is 26.7. The average molecular weight is 486 g/mol. The second kappa shape index (κ2) is 12.3. The molecule has 0 aromatic carbocycles. The molecule has 198 valence electrons. The summed E-state index contributed by atoms with van der Waals surface area (Å²) in [5.41, 5.74) is 1.93. The zero-order chi connectivity index (χ0) is 24.8. The summed E-state index contributed by atoms with van der Waals surface area (Å²) in [5, 5.41) is 0. The highest BCUT2D eigenvalue weighted by molar-refractivity contribution is 5.79. The van der Waals surface area contributed by atoms with E-state index < -0.39 is 0 Å². The van der Waals surface area contributed by atoms with Crippen molar-refractivity contribution in [3.8, 4) is 0 Å². The molecule has 4 aliphatic carbocycles. The zero-order valence-corrected chi connectivity index (χ0v) is 22.9. The molecule has 1 aliphatic heterocycles. The Kier molecular flexibility index (Phi) is 9.35. The Morgan fingerprint density at radius 1 is 1.03 bits per heavy atom. The number of hydrogen-bond acceptors (Lipinski definition) is 3. The third kappa shape index (κ3) is 6.50. The van der Waals surface area contributed by atoms with Crippen molar-refractivity contribution < 1.29 is 9.59 Å². The van der Waals surface area contributed by atoms with Crippen LogP contribution in [0.15, 0.2) is 11.6 Å². The molecular formula is C30H51N3O2. The molecule has 1 heterocycles. The van der Waals surface area contributed by atoms with Crippen LogP contribution in [-0.4, -0.2) is 72.3 Å². The quantitative estimate of drug-likeness (QED) is 0.287. The second-order valence-electron chi connectivity index (χ2n) is 12.4. The van der Waals surface area contributed by atoms with Gasteiger partial charge in [0.05, 0.1) is 0 Å². The van der Waals surface area contributed by atoms with Crippen LogP contribution < -0.4 is 0 Å². The molecule has 1 saturated heterocycles. The molecule has 5 nitrogen and oxygen atoms in total. The zero-order valence-electron chi connectivity index (χ0n) is 22.9. The van der Waals surface area contributed by atoms with Crippen molar-refractivity contribution in [3.05, 3.63) is 11.6 Å². The van der Waals surface area contributed by atoms with Crippen LogP contribution in [0.4, 0.5) is 0 Å². The van der Waals surface area contributed by atoms with Crippen LogP contribution in [0.3, 0.4) is 0 Å². The number of fused-ring (bicyclic) bond motifs is 1. The molecule has 3 fully saturated rings. The van der Waals surface area contributed by atoms with Crippen molar-refractivity contribution >= 4 is 11.8 Å². The first-order valence-corrected chi connectivity index (χ1v) is 14.9. The minimum absolute atomic E-state index is 0.234. The number of amides is 2. The summed E-state index contributed by atoms with van der Waals surface area (Å²) in [4.78, 5) is 33.0. The maximum Gasteiger partial charge on any atom is 0.226 e. The van der Waals surface area contributed by atoms with Crippen molar-refractivity contribution in [2.24, 2.45) is 23.2 Å². The van der Waals surface area contributed by atoms with Gasteiger partial charge in [0.1, 0.15) is 0 Å². The normalized spacial score (nSPS) is 26.7. The number of carbonyl (C=O) groups is 2. The number of allylic oxidation sites excluding steroid dienone is 1. The highest BCUT2D eigenvalue weighted by Gasteiger charge is 2.51. The summed E-state index contributed by atoms with van der Waals surface area (Å²) >= 11 is 0. The van der Waals surface area contributed by atoms with Gasteiger partial charge in [0.15, 0.2) is 0 Å². The first-order valence-electron chi connectivity index (χ1n) is 14.9. The van der Waals surface area contributed by atoms with E-state index in [9.17, 15) is 9.59 Å². The fourth-order valence-corrected chi connectivity index (χ4v) is 7.10. The number of rotatable bonds is 11. The molecular weight excluding hydrogens is 434 g/mol. The summed E-state index contributed by atoms with van der Waals surface area (Å²) in [6.07, 6.45) is 16.2. The van der Waals surface area contributed by atoms with Crippen LogP contribution in [0.5, 0.6) is 0 Å². The minimum atomic E-state index is 0.234. The predicted molar refractivity (Wildman–Crippen MR) is 143 cm³/mol. The lowest BCUT2D eigenvalue weighted by Gasteiger charge is -2.57. The number of hydrogen-bond donors (Lipinski definition) is 0. The van der Waals surface area contributed by atoms with Crippen LogP contribution in [0.1, 0.15) is 97.8 Å². The SMILES string of the molecule is CCCCCCC(=O)N1CCN(CCN(CC2=CCC3CC2C3(C)C)C(=O)C2CCCCC2)CC1. The molecule has 2 amide bonds. The summed E-state index contributed by atoms with van der Waals surface area (Å²) in [6.45, 7) is 13.2. The maximum absolute atomic E-state index is 13.6. The van der Waals surface area contributed by atoms with Gasteiger partial charge in [0.2, 0.25) is 11.8 Å². The van der Waals surface area contributed by atoms with Gasteiger partial charge in [-0.1, -0.05) is 70.9 Å². The fraction of sp³-hybridized carbons (Fsp3) is 0.867. The van der Waals surface area contributed by atoms with Crippen LogP contribution in [-0.2, 0) is 9.59 Å². The lowest BCUT2D eigenvalue weighted by atomic mass is 9.49. The average Bonchev–Trinajstić information content (AvgIpc) is 2.89. The number of carbonyl (C=O) groups excluding carboxylic acids is 2. The maximum atomic E-state index is 13.6. The standard InChI is InChI=1S/C30H51N3O2/c1-4-5-6-10-13-28(34)32-19-16-31(17-20-32)18-21-33(29(35)24-11-8-7-9-12-24)23-25-14-15-26-22-27(25)30(26,2)3/h14,24,26-27H,4-13,15-23H2,1-3H3. The molecule has 0 N–H and O–H groups in total. The molecule has 2 atom stereocenters. The van der Waals surface area contributed by atoms with Crippen molar-refractivity contribution in [2.75, 3.05) is 45.8 Å². The summed E-state index contributed by atoms with van der Waals surface area (Å²) in [6, 6.07) is 0. The van der Waals surface area contributed by atoms with E-state index in [4.69, 9.17) is 0 Å². The van der Waals surface area contributed by atoms with Gasteiger partial charge < -0.3 is 9.80 Å². The van der Waals surface area contributed by atoms with E-state index in [-0.39, 0.29) is 5.92 Å². The van der Waals surface area contributed by atoms with E-state index >= 15 is 0 Å². The predicted octanol–water partition coefficient (Wildman–Crippen LogP) is 5.50. The van der Waals surface area contributed by atoms with E-state index in [1.165, 1.54) is 56.9 Å². The van der Waals surface area contributed by atoms with Gasteiger partial charge in [0.25, 0.3) is 0 Å². The summed E-state index contributed by atoms with van der Waals surface area (Å²) in [7, 11) is 0. The molecule has 35 heavy (non-hydrogen) atoms. The Morgan fingerprint density at radius 3 is 2.43 bits per heavy atom. The molecule has 5 rings (SSSR count). The lowest BCUT2D eigenvalue weighted by Crippen LogP contribution is -2.53. The third-order valence-electron chi connectivity index (χ3n) is 9.88. The largest absolute Gasteiger partial charge is 0.340 e. The van der Waals surface area contributed by atoms with Crippen molar-refractivity contribution in [1.82, 2.24) is 14.7 Å². The fourth-order valence-electron chi connectivity index (χ4n) is 7.10. The molecule has 0 aromatic rings. The van der Waals surface area contributed by atoms with E-state index in [1.807, 2.05) is 0 Å². The van der Waals surface area contributed by atoms with Crippen LogP contribution >= 0.6 is 0 Å². The highest BCUT2D eigenvalue weighted by Crippen LogP contribution is 2.59. The van der Waals surface area contributed by atoms with Gasteiger partial charge in [-0.2, -0.15) is 0 Å². The van der Waals surface area contributed by atoms with Gasteiger partial charge >= 0.3 is 0 Å².